The van der Waals surface area contributed by atoms with E-state index in [0.717, 1.165) is 0 Å². The number of aromatic amines is 1. The number of aryl methyl sites for hydroxylation is 1. The predicted molar refractivity (Wildman–Crippen MR) is 46.0 cm³/mol. The highest BCUT2D eigenvalue weighted by Gasteiger charge is 2.05. The molecule has 0 bridgehead atoms. The van der Waals surface area contributed by atoms with Gasteiger partial charge in [0.1, 0.15) is 11.2 Å². The number of rotatable bonds is 0. The molecule has 0 spiro atoms. The molecule has 5 nitrogen and oxygen atoms in total. The van der Waals surface area contributed by atoms with Crippen molar-refractivity contribution in [3.63, 3.8) is 0 Å². The Kier molecular flexibility index (Phi) is 1.27. The molecule has 64 valence electrons. The average Bonchev–Trinajstić information content (AvgIpc) is 2.48. The van der Waals surface area contributed by atoms with Crippen molar-refractivity contribution in [3.8, 4) is 0 Å². The average molecular weight is 166 g/mol. The van der Waals surface area contributed by atoms with Crippen LogP contribution in [0, 0.1) is 6.92 Å². The SMILES string of the molecule is Cc1nc2[nH]ncc2c(=O)n1C.[HH]. The van der Waals surface area contributed by atoms with Gasteiger partial charge in [-0.2, -0.15) is 5.10 Å². The molecule has 0 unspecified atom stereocenters. The number of hydrogen-bond donors (Lipinski definition) is 1. The summed E-state index contributed by atoms with van der Waals surface area (Å²) in [5.41, 5.74) is 0.488. The van der Waals surface area contributed by atoms with Gasteiger partial charge in [0.05, 0.1) is 6.20 Å². The molecule has 0 aliphatic carbocycles. The molecule has 2 aromatic rings. The van der Waals surface area contributed by atoms with Crippen molar-refractivity contribution in [1.82, 2.24) is 19.7 Å². The van der Waals surface area contributed by atoms with Crippen LogP contribution in [0.25, 0.3) is 11.0 Å². The molecule has 0 radical (unpaired) electrons. The van der Waals surface area contributed by atoms with Gasteiger partial charge in [-0.3, -0.25) is 14.5 Å². The minimum atomic E-state index is -0.0637. The Bertz CT molecular complexity index is 487. The molecule has 2 heterocycles. The zero-order valence-electron chi connectivity index (χ0n) is 6.83. The lowest BCUT2D eigenvalue weighted by Crippen LogP contribution is -2.19. The summed E-state index contributed by atoms with van der Waals surface area (Å²) in [5, 5.41) is 6.93. The van der Waals surface area contributed by atoms with Crippen LogP contribution in [-0.4, -0.2) is 19.7 Å². The van der Waals surface area contributed by atoms with Gasteiger partial charge < -0.3 is 0 Å². The number of nitrogens with zero attached hydrogens (tertiary/aromatic N) is 3. The summed E-state index contributed by atoms with van der Waals surface area (Å²) < 4.78 is 1.50. The Hall–Kier alpha value is -1.65. The molecule has 0 aliphatic rings. The van der Waals surface area contributed by atoms with Gasteiger partial charge in [0, 0.05) is 8.47 Å². The Morgan fingerprint density at radius 3 is 3.17 bits per heavy atom. The molecule has 5 heteroatoms. The first-order valence-electron chi connectivity index (χ1n) is 3.57. The second-order valence-electron chi connectivity index (χ2n) is 2.66. The van der Waals surface area contributed by atoms with Crippen LogP contribution in [-0.2, 0) is 7.05 Å². The van der Waals surface area contributed by atoms with E-state index in [-0.39, 0.29) is 6.99 Å². The minimum Gasteiger partial charge on any atom is -0.299 e. The zero-order valence-corrected chi connectivity index (χ0v) is 6.83. The van der Waals surface area contributed by atoms with E-state index in [1.54, 1.807) is 14.0 Å². The highest BCUT2D eigenvalue weighted by molar-refractivity contribution is 5.72. The van der Waals surface area contributed by atoms with Crippen LogP contribution in [0.3, 0.4) is 0 Å². The quantitative estimate of drug-likeness (QED) is 0.608. The van der Waals surface area contributed by atoms with Gasteiger partial charge >= 0.3 is 0 Å². The van der Waals surface area contributed by atoms with Crippen LogP contribution in [0.4, 0.5) is 0 Å². The van der Waals surface area contributed by atoms with Crippen LogP contribution in [0.5, 0.6) is 0 Å². The maximum absolute atomic E-state index is 11.5. The summed E-state index contributed by atoms with van der Waals surface area (Å²) in [4.78, 5) is 15.6. The second-order valence-corrected chi connectivity index (χ2v) is 2.66. The third-order valence-electron chi connectivity index (χ3n) is 1.91. The maximum Gasteiger partial charge on any atom is 0.264 e. The molecule has 0 fully saturated rings. The molecule has 0 amide bonds. The number of aromatic nitrogens is 4. The van der Waals surface area contributed by atoms with E-state index < -0.39 is 0 Å². The molecular weight excluding hydrogens is 156 g/mol. The number of fused-ring (bicyclic) bond motifs is 1. The van der Waals surface area contributed by atoms with Crippen molar-refractivity contribution in [3.05, 3.63) is 22.4 Å². The molecule has 1 N–H and O–H groups in total. The number of H-pyrrole nitrogens is 1. The molecule has 2 aromatic heterocycles. The highest BCUT2D eigenvalue weighted by atomic mass is 16.1. The Morgan fingerprint density at radius 1 is 1.67 bits per heavy atom. The summed E-state index contributed by atoms with van der Waals surface area (Å²) >= 11 is 0. The van der Waals surface area contributed by atoms with Crippen molar-refractivity contribution in [2.45, 2.75) is 6.92 Å². The molecule has 0 saturated heterocycles. The van der Waals surface area contributed by atoms with Crippen LogP contribution in [0.1, 0.15) is 7.25 Å². The van der Waals surface area contributed by atoms with E-state index in [1.807, 2.05) is 0 Å². The number of nitrogens with one attached hydrogen (secondary N) is 1. The smallest absolute Gasteiger partial charge is 0.264 e. The van der Waals surface area contributed by atoms with Crippen molar-refractivity contribution in [2.24, 2.45) is 7.05 Å². The van der Waals surface area contributed by atoms with Crippen LogP contribution < -0.4 is 5.56 Å². The second kappa shape index (κ2) is 2.17. The Labute approximate surface area is 69.5 Å². The van der Waals surface area contributed by atoms with Crippen LogP contribution in [0.15, 0.2) is 11.0 Å². The first kappa shape index (κ1) is 7.02. The lowest BCUT2D eigenvalue weighted by Gasteiger charge is -1.99. The van der Waals surface area contributed by atoms with Gasteiger partial charge in [-0.1, -0.05) is 0 Å². The van der Waals surface area contributed by atoms with E-state index in [4.69, 9.17) is 0 Å². The Balaban J connectivity index is 0.000000845. The van der Waals surface area contributed by atoms with Crippen molar-refractivity contribution >= 4 is 11.0 Å². The van der Waals surface area contributed by atoms with Gasteiger partial charge in [0.25, 0.3) is 5.56 Å². The summed E-state index contributed by atoms with van der Waals surface area (Å²) in [6, 6.07) is 0. The van der Waals surface area contributed by atoms with E-state index >= 15 is 0 Å². The lowest BCUT2D eigenvalue weighted by molar-refractivity contribution is 0.791. The van der Waals surface area contributed by atoms with E-state index in [9.17, 15) is 4.79 Å². The Morgan fingerprint density at radius 2 is 2.42 bits per heavy atom. The fourth-order valence-corrected chi connectivity index (χ4v) is 1.09. The summed E-state index contributed by atoms with van der Waals surface area (Å²) in [6.07, 6.45) is 1.49. The minimum absolute atomic E-state index is 0. The van der Waals surface area contributed by atoms with Gasteiger partial charge in [-0.15, -0.1) is 0 Å². The van der Waals surface area contributed by atoms with Crippen molar-refractivity contribution in [2.75, 3.05) is 0 Å². The normalized spacial score (nSPS) is 10.8. The molecule has 0 aliphatic heterocycles. The largest absolute Gasteiger partial charge is 0.299 e. The maximum atomic E-state index is 11.5. The van der Waals surface area contributed by atoms with Crippen molar-refractivity contribution < 1.29 is 1.43 Å². The first-order chi connectivity index (χ1) is 5.70. The molecule has 0 aromatic carbocycles. The predicted octanol–water partition coefficient (Wildman–Crippen LogP) is 0.211. The molecule has 12 heavy (non-hydrogen) atoms. The summed E-state index contributed by atoms with van der Waals surface area (Å²) in [7, 11) is 1.69. The van der Waals surface area contributed by atoms with E-state index in [2.05, 4.69) is 15.2 Å². The topological polar surface area (TPSA) is 63.6 Å². The molecule has 2 rings (SSSR count). The summed E-state index contributed by atoms with van der Waals surface area (Å²) in [5.74, 6) is 0.678. The third-order valence-corrected chi connectivity index (χ3v) is 1.91. The van der Waals surface area contributed by atoms with Gasteiger partial charge in [-0.05, 0) is 6.92 Å². The first-order valence-corrected chi connectivity index (χ1v) is 3.57. The number of hydrogen-bond acceptors (Lipinski definition) is 3. The summed E-state index contributed by atoms with van der Waals surface area (Å²) in [6.45, 7) is 1.78. The highest BCUT2D eigenvalue weighted by Crippen LogP contribution is 2.01. The lowest BCUT2D eigenvalue weighted by atomic mass is 10.4. The van der Waals surface area contributed by atoms with Gasteiger partial charge in [0.15, 0.2) is 5.65 Å². The molecular formula is C7H10N4O. The zero-order chi connectivity index (χ0) is 8.72. The van der Waals surface area contributed by atoms with E-state index in [0.29, 0.717) is 16.9 Å². The van der Waals surface area contributed by atoms with Crippen molar-refractivity contribution in [1.29, 1.82) is 0 Å². The van der Waals surface area contributed by atoms with E-state index in [1.165, 1.54) is 10.8 Å². The van der Waals surface area contributed by atoms with Crippen LogP contribution >= 0.6 is 0 Å². The molecule has 0 saturated carbocycles. The fourth-order valence-electron chi connectivity index (χ4n) is 1.09. The van der Waals surface area contributed by atoms with Gasteiger partial charge in [0.2, 0.25) is 0 Å². The van der Waals surface area contributed by atoms with Crippen LogP contribution in [0.2, 0.25) is 0 Å². The fraction of sp³-hybridized carbons (Fsp3) is 0.286. The molecule has 0 atom stereocenters. The third kappa shape index (κ3) is 0.761. The monoisotopic (exact) mass is 166 g/mol. The standard InChI is InChI=1S/C7H8N4O.H2/c1-4-9-6-5(3-8-10-6)7(12)11(4)2;/h3H,1-2H3,(H,8,10);1H. The van der Waals surface area contributed by atoms with Gasteiger partial charge in [-0.25, -0.2) is 4.98 Å².